The van der Waals surface area contributed by atoms with Crippen molar-refractivity contribution >= 4 is 15.9 Å². The number of nitrogens with zero attached hydrogens (tertiary/aromatic N) is 1. The first-order valence-electron chi connectivity index (χ1n) is 10.7. The second kappa shape index (κ2) is 10.1. The van der Waals surface area contributed by atoms with Gasteiger partial charge in [-0.05, 0) is 62.6 Å². The van der Waals surface area contributed by atoms with Gasteiger partial charge in [0, 0.05) is 12.6 Å². The van der Waals surface area contributed by atoms with E-state index in [2.05, 4.69) is 10.0 Å². The van der Waals surface area contributed by atoms with Gasteiger partial charge in [0.2, 0.25) is 15.9 Å². The summed E-state index contributed by atoms with van der Waals surface area (Å²) >= 11 is 0. The van der Waals surface area contributed by atoms with Crippen LogP contribution in [0.25, 0.3) is 0 Å². The monoisotopic (exact) mass is 439 g/mol. The van der Waals surface area contributed by atoms with Crippen LogP contribution in [0.4, 0.5) is 0 Å². The van der Waals surface area contributed by atoms with Crippen LogP contribution in [0.15, 0.2) is 18.2 Å². The van der Waals surface area contributed by atoms with Crippen molar-refractivity contribution in [2.75, 3.05) is 25.4 Å². The summed E-state index contributed by atoms with van der Waals surface area (Å²) in [6.45, 7) is 5.29. The molecule has 1 aromatic carbocycles. The van der Waals surface area contributed by atoms with Gasteiger partial charge < -0.3 is 15.2 Å². The maximum absolute atomic E-state index is 12.5. The summed E-state index contributed by atoms with van der Waals surface area (Å²) in [6, 6.07) is 5.50. The first-order valence-corrected chi connectivity index (χ1v) is 12.3. The van der Waals surface area contributed by atoms with Crippen LogP contribution in [0.3, 0.4) is 0 Å². The Hall–Kier alpha value is -1.68. The van der Waals surface area contributed by atoms with Crippen LogP contribution in [0, 0.1) is 12.8 Å². The lowest BCUT2D eigenvalue weighted by atomic mass is 10.1. The number of aryl methyl sites for hydroxylation is 1. The number of benzene rings is 1. The minimum atomic E-state index is -3.41. The number of carbonyl (C=O) groups excluding carboxylic acids is 1. The second-order valence-corrected chi connectivity index (χ2v) is 10.3. The molecule has 30 heavy (non-hydrogen) atoms. The molecule has 2 fully saturated rings. The zero-order valence-corrected chi connectivity index (χ0v) is 18.6. The van der Waals surface area contributed by atoms with Crippen molar-refractivity contribution in [3.05, 3.63) is 29.3 Å². The van der Waals surface area contributed by atoms with Gasteiger partial charge >= 0.3 is 0 Å². The van der Waals surface area contributed by atoms with E-state index in [0.29, 0.717) is 25.3 Å². The van der Waals surface area contributed by atoms with Gasteiger partial charge in [-0.2, -0.15) is 0 Å². The molecule has 1 aromatic rings. The Bertz CT molecular complexity index is 841. The smallest absolute Gasteiger partial charge is 0.237 e. The number of ether oxygens (including phenoxy) is 1. The molecule has 2 aliphatic rings. The van der Waals surface area contributed by atoms with Crippen LogP contribution in [-0.4, -0.2) is 56.1 Å². The predicted octanol–water partition coefficient (Wildman–Crippen LogP) is 1.64. The van der Waals surface area contributed by atoms with E-state index in [4.69, 9.17) is 4.74 Å². The molecule has 0 aromatic heterocycles. The third kappa shape index (κ3) is 6.94. The van der Waals surface area contributed by atoms with Gasteiger partial charge in [-0.3, -0.25) is 9.69 Å². The Labute approximate surface area is 179 Å². The first kappa shape index (κ1) is 23.0. The third-order valence-electron chi connectivity index (χ3n) is 5.58. The molecule has 1 amide bonds. The van der Waals surface area contributed by atoms with Crippen LogP contribution < -0.4 is 14.8 Å². The Kier molecular flexibility index (Phi) is 7.73. The van der Waals surface area contributed by atoms with Crippen LogP contribution in [0.5, 0.6) is 5.75 Å². The van der Waals surface area contributed by atoms with Crippen molar-refractivity contribution in [3.63, 3.8) is 0 Å². The number of carbonyl (C=O) groups is 1. The van der Waals surface area contributed by atoms with E-state index >= 15 is 0 Å². The Morgan fingerprint density at radius 1 is 1.30 bits per heavy atom. The first-order chi connectivity index (χ1) is 14.2. The molecular weight excluding hydrogens is 406 g/mol. The molecule has 1 aliphatic heterocycles. The predicted molar refractivity (Wildman–Crippen MR) is 114 cm³/mol. The van der Waals surface area contributed by atoms with E-state index in [9.17, 15) is 18.3 Å². The highest BCUT2D eigenvalue weighted by molar-refractivity contribution is 7.89. The molecule has 1 unspecified atom stereocenters. The molecule has 1 saturated carbocycles. The van der Waals surface area contributed by atoms with Crippen molar-refractivity contribution in [1.29, 1.82) is 0 Å². The van der Waals surface area contributed by atoms with Gasteiger partial charge in [0.15, 0.2) is 6.35 Å². The summed E-state index contributed by atoms with van der Waals surface area (Å²) in [7, 11) is -3.41. The van der Waals surface area contributed by atoms with E-state index in [0.717, 1.165) is 29.9 Å². The lowest BCUT2D eigenvalue weighted by Crippen LogP contribution is -2.36. The molecule has 1 saturated heterocycles. The minimum Gasteiger partial charge on any atom is -0.493 e. The molecule has 2 atom stereocenters. The van der Waals surface area contributed by atoms with Crippen LogP contribution in [0.1, 0.15) is 56.2 Å². The zero-order valence-electron chi connectivity index (χ0n) is 17.8. The molecule has 0 radical (unpaired) electrons. The molecule has 1 heterocycles. The number of hydrogen-bond acceptors (Lipinski definition) is 6. The van der Waals surface area contributed by atoms with Crippen molar-refractivity contribution in [2.24, 2.45) is 5.92 Å². The highest BCUT2D eigenvalue weighted by atomic mass is 32.2. The minimum absolute atomic E-state index is 0.0496. The molecule has 0 spiro atoms. The molecule has 0 bridgehead atoms. The van der Waals surface area contributed by atoms with Crippen LogP contribution in [-0.2, 0) is 14.8 Å². The average molecular weight is 440 g/mol. The van der Waals surface area contributed by atoms with E-state index in [-0.39, 0.29) is 24.2 Å². The summed E-state index contributed by atoms with van der Waals surface area (Å²) in [5.74, 6) is 1.34. The number of hydrogen-bond donors (Lipinski definition) is 3. The summed E-state index contributed by atoms with van der Waals surface area (Å²) in [5.41, 5.74) is 1.93. The molecule has 8 nitrogen and oxygen atoms in total. The van der Waals surface area contributed by atoms with Gasteiger partial charge in [-0.15, -0.1) is 0 Å². The van der Waals surface area contributed by atoms with E-state index in [1.807, 2.05) is 32.0 Å². The molecule has 3 rings (SSSR count). The van der Waals surface area contributed by atoms with Gasteiger partial charge in [-0.1, -0.05) is 18.6 Å². The van der Waals surface area contributed by atoms with Crippen LogP contribution in [0.2, 0.25) is 0 Å². The van der Waals surface area contributed by atoms with Gasteiger partial charge in [-0.25, -0.2) is 13.1 Å². The fourth-order valence-electron chi connectivity index (χ4n) is 3.47. The summed E-state index contributed by atoms with van der Waals surface area (Å²) in [4.78, 5) is 12.8. The number of sulfonamides is 1. The largest absolute Gasteiger partial charge is 0.493 e. The molecule has 168 valence electrons. The summed E-state index contributed by atoms with van der Waals surface area (Å²) in [5, 5.41) is 12.1. The normalized spacial score (nSPS) is 20.9. The van der Waals surface area contributed by atoms with E-state index in [1.165, 1.54) is 12.8 Å². The molecule has 3 N–H and O–H groups in total. The van der Waals surface area contributed by atoms with Gasteiger partial charge in [0.05, 0.1) is 18.9 Å². The van der Waals surface area contributed by atoms with E-state index < -0.39 is 16.4 Å². The fourth-order valence-corrected chi connectivity index (χ4v) is 4.84. The third-order valence-corrected chi connectivity index (χ3v) is 7.12. The molecular formula is C21H33N3O5S. The number of amides is 1. The van der Waals surface area contributed by atoms with E-state index in [1.54, 1.807) is 4.90 Å². The molecule has 1 aliphatic carbocycles. The number of rotatable bonds is 12. The summed E-state index contributed by atoms with van der Waals surface area (Å²) in [6.07, 6.45) is 3.46. The fraction of sp³-hybridized carbons (Fsp3) is 0.667. The number of aliphatic hydroxyl groups is 1. The number of aliphatic hydroxyl groups excluding tert-OH is 1. The Morgan fingerprint density at radius 3 is 2.73 bits per heavy atom. The SMILES string of the molecule is Cc1ccc([C@H](C)NS(=O)(=O)CCCCCN2CC(=O)NC2O)cc1OCC1CC1. The highest BCUT2D eigenvalue weighted by Crippen LogP contribution is 2.31. The number of nitrogens with one attached hydrogen (secondary N) is 2. The lowest BCUT2D eigenvalue weighted by Gasteiger charge is -2.18. The Balaban J connectivity index is 1.41. The van der Waals surface area contributed by atoms with Crippen molar-refractivity contribution < 1.29 is 23.1 Å². The Morgan fingerprint density at radius 2 is 2.07 bits per heavy atom. The number of unbranched alkanes of at least 4 members (excludes halogenated alkanes) is 2. The lowest BCUT2D eigenvalue weighted by molar-refractivity contribution is -0.119. The second-order valence-electron chi connectivity index (χ2n) is 8.41. The van der Waals surface area contributed by atoms with Crippen LogP contribution >= 0.6 is 0 Å². The van der Waals surface area contributed by atoms with Gasteiger partial charge in [0.25, 0.3) is 0 Å². The maximum atomic E-state index is 12.5. The molecule has 9 heteroatoms. The summed E-state index contributed by atoms with van der Waals surface area (Å²) < 4.78 is 33.6. The highest BCUT2D eigenvalue weighted by Gasteiger charge is 2.27. The average Bonchev–Trinajstić information content (AvgIpc) is 3.44. The van der Waals surface area contributed by atoms with Gasteiger partial charge in [0.1, 0.15) is 5.75 Å². The van der Waals surface area contributed by atoms with Crippen molar-refractivity contribution in [2.45, 2.75) is 58.3 Å². The van der Waals surface area contributed by atoms with Crippen molar-refractivity contribution in [1.82, 2.24) is 14.9 Å². The maximum Gasteiger partial charge on any atom is 0.237 e. The zero-order chi connectivity index (χ0) is 21.7. The quantitative estimate of drug-likeness (QED) is 0.428. The van der Waals surface area contributed by atoms with Crippen molar-refractivity contribution in [3.8, 4) is 5.75 Å². The standard InChI is InChI=1S/C21H33N3O5S/c1-15-6-9-18(12-19(15)29-14-17-7-8-17)16(2)23-30(27,28)11-5-3-4-10-24-13-20(25)22-21(24)26/h6,9,12,16-17,21,23,26H,3-5,7-8,10-11,13-14H2,1-2H3,(H,22,25)/t16-,21?/m0/s1. The topological polar surface area (TPSA) is 108 Å².